The molecule has 4 N–H and O–H groups in total. The molecule has 31 heteroatoms. The lowest BCUT2D eigenvalue weighted by Gasteiger charge is -2.37. The first-order valence-corrected chi connectivity index (χ1v) is 47.5. The van der Waals surface area contributed by atoms with Gasteiger partial charge < -0.3 is 81.5 Å². The van der Waals surface area contributed by atoms with Crippen molar-refractivity contribution in [1.82, 2.24) is 34.8 Å². The van der Waals surface area contributed by atoms with Crippen LogP contribution in [0.5, 0.6) is 0 Å². The second-order valence-corrected chi connectivity index (χ2v) is 35.9. The molecule has 2 aliphatic heterocycles. The first-order valence-electron chi connectivity index (χ1n) is 47.6. The molecule has 10 atom stereocenters. The third-order valence-corrected chi connectivity index (χ3v) is 26.6. The Labute approximate surface area is 754 Å². The Morgan fingerprint density at radius 2 is 0.952 bits per heavy atom. The minimum absolute atomic E-state index is 0.00227. The molecule has 1 aromatic heterocycles. The number of ether oxygens (including phenoxy) is 9. The summed E-state index contributed by atoms with van der Waals surface area (Å²) in [5.74, 6) is -0.417. The van der Waals surface area contributed by atoms with E-state index in [1.165, 1.54) is 45.9 Å². The van der Waals surface area contributed by atoms with Gasteiger partial charge in [-0.15, -0.1) is 0 Å². The van der Waals surface area contributed by atoms with Crippen LogP contribution in [0.25, 0.3) is 27.1 Å². The van der Waals surface area contributed by atoms with Gasteiger partial charge >= 0.3 is 18.0 Å². The first kappa shape index (κ1) is 97.0. The number of hydrogen-bond donors (Lipinski definition) is 4. The summed E-state index contributed by atoms with van der Waals surface area (Å²) in [4.78, 5) is 93.5. The molecule has 2 aliphatic carbocycles. The second-order valence-electron chi connectivity index (χ2n) is 33.1. The molecule has 4 aromatic carbocycles. The monoisotopic (exact) mass is 1790 g/mol. The van der Waals surface area contributed by atoms with E-state index in [4.69, 9.17) is 78.0 Å². The molecule has 0 saturated carbocycles. The molecule has 2 fully saturated rings. The number of nitrogens with zero attached hydrogens (tertiary/aromatic N) is 5. The lowest BCUT2D eigenvalue weighted by molar-refractivity contribution is -0.145. The number of rotatable bonds is 59. The Morgan fingerprint density at radius 3 is 1.41 bits per heavy atom. The molecule has 3 heterocycles. The zero-order chi connectivity index (χ0) is 93.5. The molecule has 2 saturated heterocycles. The van der Waals surface area contributed by atoms with Crippen molar-refractivity contribution >= 4 is 47.1 Å². The van der Waals surface area contributed by atoms with E-state index in [1.54, 1.807) is 0 Å². The molecule has 694 valence electrons. The molecule has 4 aliphatic rings. The van der Waals surface area contributed by atoms with Gasteiger partial charge in [-0.25, -0.2) is 30.3 Å². The fraction of sp³-hybridized carbons (Fsp3) is 0.632. The zero-order valence-corrected chi connectivity index (χ0v) is 76.9. The van der Waals surface area contributed by atoms with E-state index >= 15 is 0 Å². The number of hydrogen-bond acceptors (Lipinski definition) is 23. The van der Waals surface area contributed by atoms with Gasteiger partial charge in [0.2, 0.25) is 24.3 Å². The lowest BCUT2D eigenvalue weighted by Crippen LogP contribution is -2.36. The van der Waals surface area contributed by atoms with Gasteiger partial charge in [-0.2, -0.15) is 5.26 Å². The topological polar surface area (TPSA) is 331 Å². The number of carbonyl (C=O) groups is 5. The fourth-order valence-corrected chi connectivity index (χ4v) is 19.6. The fourth-order valence-electron chi connectivity index (χ4n) is 16.1. The van der Waals surface area contributed by atoms with E-state index in [0.717, 1.165) is 112 Å². The van der Waals surface area contributed by atoms with E-state index < -0.39 is 91.7 Å². The Kier molecular flexibility index (Phi) is 44.5. The van der Waals surface area contributed by atoms with E-state index in [9.17, 15) is 33.6 Å². The van der Waals surface area contributed by atoms with Gasteiger partial charge in [-0.05, 0) is 158 Å². The Balaban J connectivity index is 0.000000322. The van der Waals surface area contributed by atoms with Crippen molar-refractivity contribution < 1.29 is 90.2 Å². The highest BCUT2D eigenvalue weighted by atomic mass is 31.2. The number of benzene rings is 4. The van der Waals surface area contributed by atoms with E-state index in [0.29, 0.717) is 57.6 Å². The quantitative estimate of drug-likeness (QED) is 0.0122. The zero-order valence-electron chi connectivity index (χ0n) is 79.1. The highest BCUT2D eigenvalue weighted by Crippen LogP contribution is 2.52. The van der Waals surface area contributed by atoms with Gasteiger partial charge in [0.25, 0.3) is 22.6 Å². The van der Waals surface area contributed by atoms with Crippen LogP contribution in [0.2, 0.25) is 0 Å². The minimum Gasteiger partial charge on any atom is -0.434 e. The molecule has 0 bridgehead atoms. The molecule has 10 unspecified atom stereocenters. The normalized spacial score (nSPS) is 18.4. The van der Waals surface area contributed by atoms with Gasteiger partial charge in [-0.1, -0.05) is 161 Å². The predicted molar refractivity (Wildman–Crippen MR) is 486 cm³/mol. The summed E-state index contributed by atoms with van der Waals surface area (Å²) in [6.45, 7) is 27.0. The number of H-pyrrole nitrogens is 1. The summed E-state index contributed by atoms with van der Waals surface area (Å²) >= 11 is 0. The van der Waals surface area contributed by atoms with Gasteiger partial charge in [0, 0.05) is 120 Å². The number of amides is 3. The van der Waals surface area contributed by atoms with Crippen LogP contribution in [0, 0.1) is 17.9 Å². The number of nitrogens with one attached hydrogen (secondary N) is 4. The van der Waals surface area contributed by atoms with E-state index in [2.05, 4.69) is 117 Å². The van der Waals surface area contributed by atoms with Crippen LogP contribution in [0.1, 0.15) is 261 Å². The van der Waals surface area contributed by atoms with Gasteiger partial charge in [0.05, 0.1) is 63.2 Å². The Hall–Kier alpha value is -8.09. The molecule has 0 spiro atoms. The van der Waals surface area contributed by atoms with E-state index in [-0.39, 0.29) is 145 Å². The first-order chi connectivity index (χ1) is 62.8. The molecule has 5 aromatic rings. The highest BCUT2D eigenvalue weighted by molar-refractivity contribution is 7.44. The largest absolute Gasteiger partial charge is 0.508 e. The number of fused-ring (bicyclic) bond motifs is 6. The maximum absolute atomic E-state index is 13.1. The summed E-state index contributed by atoms with van der Waals surface area (Å²) in [7, 11) is -6.18. The number of aryl methyl sites for hydroxylation is 1. The average molecular weight is 1800 g/mol. The molecule has 9 rings (SSSR count). The second kappa shape index (κ2) is 57.8. The van der Waals surface area contributed by atoms with Crippen molar-refractivity contribution in [2.45, 2.75) is 289 Å². The summed E-state index contributed by atoms with van der Waals surface area (Å²) < 4.78 is 111. The van der Waals surface area contributed by atoms with Crippen LogP contribution in [-0.4, -0.2) is 204 Å². The molecule has 126 heavy (non-hydrogen) atoms. The van der Waals surface area contributed by atoms with Crippen LogP contribution in [0.15, 0.2) is 113 Å². The summed E-state index contributed by atoms with van der Waals surface area (Å²) in [5, 5.41) is 17.7. The molecule has 0 radical (unpaired) electrons. The number of methoxy groups -OCH3 is 2. The van der Waals surface area contributed by atoms with Crippen LogP contribution in [-0.2, 0) is 81.5 Å². The smallest absolute Gasteiger partial charge is 0.434 e. The maximum Gasteiger partial charge on any atom is 0.508 e. The number of unbranched alkanes of at least 4 members (excludes halogenated alkanes) is 14. The van der Waals surface area contributed by atoms with Crippen molar-refractivity contribution in [3.8, 4) is 28.3 Å². The van der Waals surface area contributed by atoms with Gasteiger partial charge in [0.15, 0.2) is 6.29 Å². The van der Waals surface area contributed by atoms with Crippen molar-refractivity contribution in [3.05, 3.63) is 163 Å². The van der Waals surface area contributed by atoms with Crippen molar-refractivity contribution in [2.24, 2.45) is 0 Å². The average Bonchev–Trinajstić information content (AvgIpc) is 1.62. The number of nitriles is 1. The van der Waals surface area contributed by atoms with Crippen LogP contribution in [0.4, 0.5) is 9.59 Å². The molecular formula is C95H139N9O20P2. The van der Waals surface area contributed by atoms with Crippen molar-refractivity contribution in [3.63, 3.8) is 0 Å². The predicted octanol–water partition coefficient (Wildman–Crippen LogP) is 17.6. The molecule has 29 nitrogen and oxygen atoms in total. The van der Waals surface area contributed by atoms with Gasteiger partial charge in [0.1, 0.15) is 38.3 Å². The standard InChI is InChI=1S/C48H74N3O9P.C47H65N6O11P/c1-37(2)51(38(3)4)61(58-33-23-29-49)60-44-34-47(59-45(44)36-54-5)55-31-21-14-12-20-30-50-46(52)28-15-11-9-7-6-8-10-13-22-32-56-48(53)57-35-43-41-26-18-16-24-39(41)40-25-17-19-27-42(40)43;1-32(2)53(33(3)4)65(62-27-25-48-5)64-40-28-44(63-41(40)31-59-6)52-29-34(45(56)51-46(52)57)16-15-24-50-43(55)22-21-42(54)49-23-13-7-8-14-26-60-47(58)61-30-39-37-19-11-9-17-35(37)36-18-10-12-20-38(36)39/h16-19,24-27,37-38,43-45,47H,6-15,20-23,28,30-36H2,1-5H3,(H,50,52);9-12,17-20,29,32-33,39-41,44H,7-8,13-16,21-28,30-31H2,1-4,6H3,(H,49,54)(H,50,55)(H,51,56,57)/i5TD;6TD. The summed E-state index contributed by atoms with van der Waals surface area (Å²) in [5.41, 5.74) is 8.43. The van der Waals surface area contributed by atoms with Crippen molar-refractivity contribution in [1.29, 1.82) is 5.26 Å². The third-order valence-electron chi connectivity index (χ3n) is 22.2. The number of aromatic amines is 1. The number of aromatic nitrogens is 2. The van der Waals surface area contributed by atoms with Crippen LogP contribution < -0.4 is 27.2 Å². The van der Waals surface area contributed by atoms with Crippen LogP contribution >= 0.6 is 17.1 Å². The lowest BCUT2D eigenvalue weighted by atomic mass is 9.98. The molecular weight excluding hydrogens is 1650 g/mol. The third kappa shape index (κ3) is 34.4. The Morgan fingerprint density at radius 1 is 0.540 bits per heavy atom. The Bertz CT molecular complexity index is 4320. The van der Waals surface area contributed by atoms with Crippen LogP contribution in [0.3, 0.4) is 0 Å². The van der Waals surface area contributed by atoms with Crippen molar-refractivity contribution in [2.75, 3.05) is 99.8 Å². The van der Waals surface area contributed by atoms with E-state index in [1.807, 2.05) is 76.2 Å². The summed E-state index contributed by atoms with van der Waals surface area (Å²) in [6.07, 6.45) is 14.9. The SMILES string of the molecule is [2H]C([3H])OCC1OC(OCCCCCCNC(=O)CCCCCCCCCCCOC(=O)OCC2c3ccccc3-c3ccccc32)CC1OP(OCCC#N)N(C(C)C)C(C)C.[2H]C([3H])OCC1OC(n2cc(CCCNC(=O)CCC(=O)NCCCCCCOC(=O)OCC3c4ccccc4-c4ccccc43)c(=O)[nH]c2=O)CC1OP(OCC[N+]#[C-])N(C(C)C)C(C)C. The number of carbonyl (C=O) groups excluding carboxylic acids is 5. The minimum atomic E-state index is -1.68. The van der Waals surface area contributed by atoms with Gasteiger partial charge in [-0.3, -0.25) is 28.7 Å². The maximum atomic E-state index is 13.1. The molecule has 3 amide bonds. The summed E-state index contributed by atoms with van der Waals surface area (Å²) in [6, 6.07) is 35.4. The highest BCUT2D eigenvalue weighted by Gasteiger charge is 2.44.